The lowest BCUT2D eigenvalue weighted by molar-refractivity contribution is -0.146. The van der Waals surface area contributed by atoms with E-state index in [1.807, 2.05) is 0 Å². The first-order valence-corrected chi connectivity index (χ1v) is 7.60. The molecule has 3 rings (SSSR count). The number of rotatable bonds is 4. The third-order valence-electron chi connectivity index (χ3n) is 4.24. The largest absolute Gasteiger partial charge is 0.481 e. The molecule has 2 atom stereocenters. The van der Waals surface area contributed by atoms with E-state index in [-0.39, 0.29) is 12.6 Å². The van der Waals surface area contributed by atoms with Crippen molar-refractivity contribution in [2.75, 3.05) is 12.1 Å². The van der Waals surface area contributed by atoms with E-state index < -0.39 is 23.7 Å². The second-order valence-corrected chi connectivity index (χ2v) is 5.79. The number of hydrogen-bond acceptors (Lipinski definition) is 5. The van der Waals surface area contributed by atoms with Crippen molar-refractivity contribution in [1.82, 2.24) is 0 Å². The van der Waals surface area contributed by atoms with E-state index in [4.69, 9.17) is 9.47 Å². The first-order valence-electron chi connectivity index (χ1n) is 7.60. The Kier molecular flexibility index (Phi) is 4.24. The number of carboxylic acids is 1. The van der Waals surface area contributed by atoms with E-state index >= 15 is 0 Å². The molecule has 1 aromatic carbocycles. The minimum Gasteiger partial charge on any atom is -0.481 e. The van der Waals surface area contributed by atoms with Gasteiger partial charge in [0.2, 0.25) is 12.7 Å². The predicted molar refractivity (Wildman–Crippen MR) is 84.2 cm³/mol. The quantitative estimate of drug-likeness (QED) is 0.648. The second kappa shape index (κ2) is 6.35. The molecule has 0 unspecified atom stereocenters. The molecule has 0 aromatic heterocycles. The number of Topliss-reactive ketones (excluding diaryl/α,β-unsaturated/α-hetero) is 1. The molecule has 2 aliphatic rings. The highest BCUT2D eigenvalue weighted by atomic mass is 16.7. The molecule has 1 heterocycles. The Morgan fingerprint density at radius 1 is 1.08 bits per heavy atom. The van der Waals surface area contributed by atoms with E-state index in [2.05, 4.69) is 5.32 Å². The van der Waals surface area contributed by atoms with Gasteiger partial charge in [-0.05, 0) is 25.8 Å². The summed E-state index contributed by atoms with van der Waals surface area (Å²) in [7, 11) is 0. The molecule has 1 amide bonds. The van der Waals surface area contributed by atoms with Crippen LogP contribution in [0.4, 0.5) is 5.69 Å². The van der Waals surface area contributed by atoms with Crippen molar-refractivity contribution in [1.29, 1.82) is 0 Å². The molecule has 1 aromatic rings. The third kappa shape index (κ3) is 2.97. The van der Waals surface area contributed by atoms with Gasteiger partial charge in [0.1, 0.15) is 0 Å². The van der Waals surface area contributed by atoms with Crippen LogP contribution in [0.1, 0.15) is 30.1 Å². The molecule has 1 aliphatic carbocycles. The lowest BCUT2D eigenvalue weighted by atomic mass is 9.82. The summed E-state index contributed by atoms with van der Waals surface area (Å²) in [6, 6.07) is 3.06. The van der Waals surface area contributed by atoms with Gasteiger partial charge < -0.3 is 19.9 Å². The average Bonchev–Trinajstić information content (AvgIpc) is 3.01. The van der Waals surface area contributed by atoms with E-state index in [0.717, 1.165) is 0 Å². The Morgan fingerprint density at radius 3 is 2.33 bits per heavy atom. The molecule has 2 N–H and O–H groups in total. The Labute approximate surface area is 138 Å². The maximum absolute atomic E-state index is 12.6. The molecule has 0 saturated carbocycles. The third-order valence-corrected chi connectivity index (χ3v) is 4.24. The van der Waals surface area contributed by atoms with Crippen molar-refractivity contribution in [3.05, 3.63) is 29.8 Å². The molecule has 1 aliphatic heterocycles. The van der Waals surface area contributed by atoms with Crippen molar-refractivity contribution >= 4 is 23.3 Å². The number of carbonyl (C=O) groups is 3. The van der Waals surface area contributed by atoms with Crippen molar-refractivity contribution in [2.45, 2.75) is 19.8 Å². The molecule has 24 heavy (non-hydrogen) atoms. The van der Waals surface area contributed by atoms with Gasteiger partial charge in [-0.25, -0.2) is 0 Å². The number of ketones is 1. The monoisotopic (exact) mass is 331 g/mol. The van der Waals surface area contributed by atoms with Crippen LogP contribution in [0.5, 0.6) is 11.5 Å². The maximum atomic E-state index is 12.6. The predicted octanol–water partition coefficient (Wildman–Crippen LogP) is 2.22. The molecule has 126 valence electrons. The van der Waals surface area contributed by atoms with E-state index in [1.54, 1.807) is 12.2 Å². The van der Waals surface area contributed by atoms with Gasteiger partial charge in [0.25, 0.3) is 0 Å². The van der Waals surface area contributed by atoms with Crippen molar-refractivity contribution in [2.24, 2.45) is 11.8 Å². The lowest BCUT2D eigenvalue weighted by Gasteiger charge is -2.24. The fourth-order valence-electron chi connectivity index (χ4n) is 2.94. The number of anilines is 1. The highest BCUT2D eigenvalue weighted by Gasteiger charge is 2.34. The molecule has 7 heteroatoms. The zero-order valence-corrected chi connectivity index (χ0v) is 13.1. The van der Waals surface area contributed by atoms with Gasteiger partial charge in [-0.3, -0.25) is 14.4 Å². The van der Waals surface area contributed by atoms with Gasteiger partial charge in [-0.15, -0.1) is 0 Å². The summed E-state index contributed by atoms with van der Waals surface area (Å²) in [5.74, 6) is -2.23. The molecule has 0 saturated heterocycles. The number of carbonyl (C=O) groups excluding carboxylic acids is 2. The minimum atomic E-state index is -1.00. The summed E-state index contributed by atoms with van der Waals surface area (Å²) < 4.78 is 10.5. The molecule has 0 spiro atoms. The Morgan fingerprint density at radius 2 is 1.71 bits per heavy atom. The number of benzene rings is 1. The molecular formula is C17H17NO6. The summed E-state index contributed by atoms with van der Waals surface area (Å²) >= 11 is 0. The van der Waals surface area contributed by atoms with Crippen LogP contribution in [0, 0.1) is 11.8 Å². The van der Waals surface area contributed by atoms with Crippen LogP contribution in [0.25, 0.3) is 0 Å². The smallest absolute Gasteiger partial charge is 0.307 e. The number of nitrogens with one attached hydrogen (secondary N) is 1. The zero-order valence-electron chi connectivity index (χ0n) is 13.1. The zero-order chi connectivity index (χ0) is 17.3. The Balaban J connectivity index is 1.87. The number of amides is 1. The molecular weight excluding hydrogens is 314 g/mol. The SMILES string of the molecule is CC(=O)c1cc2c(cc1NC(=O)[C@H]1CC=CC[C@H]1C(=O)O)OCO2. The standard InChI is InChI=1S/C17H17NO6/c1-9(19)12-6-14-15(24-8-23-14)7-13(12)18-16(20)10-4-2-3-5-11(10)17(21)22/h2-3,6-7,10-11H,4-5,8H2,1H3,(H,18,20)(H,21,22)/t10-,11+/m0/s1. The van der Waals surface area contributed by atoms with Gasteiger partial charge in [-0.1, -0.05) is 12.2 Å². The summed E-state index contributed by atoms with van der Waals surface area (Å²) in [6.07, 6.45) is 4.23. The minimum absolute atomic E-state index is 0.0542. The van der Waals surface area contributed by atoms with E-state index in [0.29, 0.717) is 35.6 Å². The second-order valence-electron chi connectivity index (χ2n) is 5.79. The fraction of sp³-hybridized carbons (Fsp3) is 0.353. The van der Waals surface area contributed by atoms with Gasteiger partial charge in [0.15, 0.2) is 17.3 Å². The van der Waals surface area contributed by atoms with Crippen molar-refractivity contribution in [3.8, 4) is 11.5 Å². The summed E-state index contributed by atoms with van der Waals surface area (Å²) in [6.45, 7) is 1.44. The Hall–Kier alpha value is -2.83. The highest BCUT2D eigenvalue weighted by Crippen LogP contribution is 2.38. The van der Waals surface area contributed by atoms with Crippen LogP contribution in [0.2, 0.25) is 0 Å². The number of fused-ring (bicyclic) bond motifs is 1. The van der Waals surface area contributed by atoms with Gasteiger partial charge >= 0.3 is 5.97 Å². The van der Waals surface area contributed by atoms with Gasteiger partial charge in [0.05, 0.1) is 17.5 Å². The number of allylic oxidation sites excluding steroid dienone is 2. The molecule has 0 bridgehead atoms. The van der Waals surface area contributed by atoms with E-state index in [1.165, 1.54) is 19.1 Å². The fourth-order valence-corrected chi connectivity index (χ4v) is 2.94. The normalized spacial score (nSPS) is 21.4. The number of ether oxygens (including phenoxy) is 2. The summed E-state index contributed by atoms with van der Waals surface area (Å²) in [5.41, 5.74) is 0.598. The highest BCUT2D eigenvalue weighted by molar-refractivity contribution is 6.05. The summed E-state index contributed by atoms with van der Waals surface area (Å²) in [4.78, 5) is 35.8. The maximum Gasteiger partial charge on any atom is 0.307 e. The molecule has 7 nitrogen and oxygen atoms in total. The number of aliphatic carboxylic acids is 1. The van der Waals surface area contributed by atoms with Crippen LogP contribution >= 0.6 is 0 Å². The van der Waals surface area contributed by atoms with Crippen LogP contribution in [-0.2, 0) is 9.59 Å². The van der Waals surface area contributed by atoms with Crippen molar-refractivity contribution < 1.29 is 29.0 Å². The van der Waals surface area contributed by atoms with Gasteiger partial charge in [0, 0.05) is 11.6 Å². The molecule has 0 radical (unpaired) electrons. The van der Waals surface area contributed by atoms with Crippen LogP contribution < -0.4 is 14.8 Å². The molecule has 0 fully saturated rings. The van der Waals surface area contributed by atoms with E-state index in [9.17, 15) is 19.5 Å². The number of carboxylic acid groups (broad SMARTS) is 1. The van der Waals surface area contributed by atoms with Crippen molar-refractivity contribution in [3.63, 3.8) is 0 Å². The van der Waals surface area contributed by atoms with Crippen LogP contribution in [0.3, 0.4) is 0 Å². The first kappa shape index (κ1) is 16.0. The average molecular weight is 331 g/mol. The van der Waals surface area contributed by atoms with Gasteiger partial charge in [-0.2, -0.15) is 0 Å². The topological polar surface area (TPSA) is 102 Å². The first-order chi connectivity index (χ1) is 11.5. The van der Waals surface area contributed by atoms with Crippen LogP contribution in [-0.4, -0.2) is 29.6 Å². The summed E-state index contributed by atoms with van der Waals surface area (Å²) in [5, 5.41) is 12.0. The number of hydrogen-bond donors (Lipinski definition) is 2. The lowest BCUT2D eigenvalue weighted by Crippen LogP contribution is -2.35. The van der Waals surface area contributed by atoms with Crippen LogP contribution in [0.15, 0.2) is 24.3 Å². The Bertz CT molecular complexity index is 739.